The summed E-state index contributed by atoms with van der Waals surface area (Å²) in [7, 11) is 1.51. The normalized spacial score (nSPS) is 10.1. The van der Waals surface area contributed by atoms with E-state index in [9.17, 15) is 9.59 Å². The Kier molecular flexibility index (Phi) is 3.74. The average molecular weight is 271 g/mol. The number of anilines is 1. The lowest BCUT2D eigenvalue weighted by Gasteiger charge is -2.18. The fourth-order valence-electron chi connectivity index (χ4n) is 1.73. The number of hydrogen-bond donors (Lipinski definition) is 1. The van der Waals surface area contributed by atoms with Crippen molar-refractivity contribution in [1.29, 1.82) is 0 Å². The van der Waals surface area contributed by atoms with Crippen LogP contribution in [0.5, 0.6) is 0 Å². The predicted molar refractivity (Wildman–Crippen MR) is 72.9 cm³/mol. The highest BCUT2D eigenvalue weighted by Crippen LogP contribution is 2.20. The van der Waals surface area contributed by atoms with Crippen molar-refractivity contribution in [2.45, 2.75) is 6.92 Å². The highest BCUT2D eigenvalue weighted by Gasteiger charge is 2.20. The summed E-state index contributed by atoms with van der Waals surface area (Å²) in [5.74, 6) is -1.50. The van der Waals surface area contributed by atoms with Gasteiger partial charge in [0.15, 0.2) is 0 Å². The molecular weight excluding hydrogens is 258 g/mol. The topological polar surface area (TPSA) is 83.4 Å². The van der Waals surface area contributed by atoms with Gasteiger partial charge in [-0.05, 0) is 19.1 Å². The number of carboxylic acids is 1. The van der Waals surface area contributed by atoms with E-state index in [1.807, 2.05) is 0 Å². The Balaban J connectivity index is 2.36. The molecule has 0 aliphatic carbocycles. The van der Waals surface area contributed by atoms with E-state index in [4.69, 9.17) is 5.11 Å². The van der Waals surface area contributed by atoms with E-state index in [2.05, 4.69) is 9.97 Å². The molecule has 102 valence electrons. The van der Waals surface area contributed by atoms with Crippen LogP contribution in [0, 0.1) is 6.92 Å². The number of aromatic carboxylic acids is 1. The lowest BCUT2D eigenvalue weighted by Crippen LogP contribution is -2.28. The van der Waals surface area contributed by atoms with Gasteiger partial charge >= 0.3 is 5.97 Å². The third-order valence-electron chi connectivity index (χ3n) is 2.80. The molecule has 6 heteroatoms. The van der Waals surface area contributed by atoms with Gasteiger partial charge < -0.3 is 10.0 Å². The van der Waals surface area contributed by atoms with Crippen LogP contribution in [0.25, 0.3) is 0 Å². The van der Waals surface area contributed by atoms with Gasteiger partial charge in [0.25, 0.3) is 5.91 Å². The molecule has 20 heavy (non-hydrogen) atoms. The van der Waals surface area contributed by atoms with Gasteiger partial charge in [-0.15, -0.1) is 0 Å². The molecule has 0 spiro atoms. The molecule has 0 fully saturated rings. The van der Waals surface area contributed by atoms with Crippen molar-refractivity contribution in [3.63, 3.8) is 0 Å². The molecular formula is C14H13N3O3. The second kappa shape index (κ2) is 5.48. The number of nitrogens with zero attached hydrogens (tertiary/aromatic N) is 3. The number of rotatable bonds is 3. The monoisotopic (exact) mass is 271 g/mol. The number of hydrogen-bond acceptors (Lipinski definition) is 4. The number of aromatic nitrogens is 2. The zero-order valence-electron chi connectivity index (χ0n) is 11.1. The van der Waals surface area contributed by atoms with Crippen LogP contribution in [-0.2, 0) is 0 Å². The van der Waals surface area contributed by atoms with Gasteiger partial charge in [-0.25, -0.2) is 9.78 Å². The zero-order chi connectivity index (χ0) is 14.7. The summed E-state index contributed by atoms with van der Waals surface area (Å²) in [4.78, 5) is 32.7. The van der Waals surface area contributed by atoms with Crippen LogP contribution in [0.15, 0.2) is 36.7 Å². The fourth-order valence-corrected chi connectivity index (χ4v) is 1.73. The molecule has 2 aromatic rings. The summed E-state index contributed by atoms with van der Waals surface area (Å²) in [5, 5.41) is 9.14. The molecule has 1 N–H and O–H groups in total. The Labute approximate surface area is 115 Å². The lowest BCUT2D eigenvalue weighted by molar-refractivity contribution is 0.0697. The third-order valence-corrected chi connectivity index (χ3v) is 2.80. The van der Waals surface area contributed by atoms with Crippen molar-refractivity contribution in [3.05, 3.63) is 53.6 Å². The largest absolute Gasteiger partial charge is 0.478 e. The maximum absolute atomic E-state index is 12.3. The minimum Gasteiger partial charge on any atom is -0.478 e. The van der Waals surface area contributed by atoms with E-state index in [1.54, 1.807) is 25.1 Å². The summed E-state index contributed by atoms with van der Waals surface area (Å²) in [6, 6.07) is 6.30. The molecule has 0 saturated heterocycles. The second-order valence-corrected chi connectivity index (χ2v) is 4.23. The van der Waals surface area contributed by atoms with E-state index in [-0.39, 0.29) is 11.3 Å². The quantitative estimate of drug-likeness (QED) is 0.919. The van der Waals surface area contributed by atoms with Gasteiger partial charge in [0.2, 0.25) is 0 Å². The van der Waals surface area contributed by atoms with Gasteiger partial charge in [-0.3, -0.25) is 9.78 Å². The summed E-state index contributed by atoms with van der Waals surface area (Å²) in [6.45, 7) is 1.77. The maximum Gasteiger partial charge on any atom is 0.337 e. The van der Waals surface area contributed by atoms with Crippen molar-refractivity contribution in [2.75, 3.05) is 11.9 Å². The summed E-state index contributed by atoms with van der Waals surface area (Å²) in [6.07, 6.45) is 2.86. The van der Waals surface area contributed by atoms with Crippen LogP contribution >= 0.6 is 0 Å². The van der Waals surface area contributed by atoms with E-state index >= 15 is 0 Å². The molecule has 1 aromatic heterocycles. The standard InChI is InChI=1S/C14H13N3O3/c1-9-7-16-11(8-15-9)13(18)17(2)12-6-4-3-5-10(12)14(19)20/h3-8H,1-2H3,(H,19,20). The molecule has 0 radical (unpaired) electrons. The van der Waals surface area contributed by atoms with Gasteiger partial charge in [0.05, 0.1) is 23.1 Å². The van der Waals surface area contributed by atoms with Crippen molar-refractivity contribution < 1.29 is 14.7 Å². The SMILES string of the molecule is Cc1cnc(C(=O)N(C)c2ccccc2C(=O)O)cn1. The summed E-state index contributed by atoms with van der Waals surface area (Å²) in [5.41, 5.74) is 1.24. The first-order valence-electron chi connectivity index (χ1n) is 5.89. The molecule has 1 heterocycles. The highest BCUT2D eigenvalue weighted by molar-refractivity contribution is 6.07. The average Bonchev–Trinajstić information content (AvgIpc) is 2.46. The minimum atomic E-state index is -1.09. The number of carbonyl (C=O) groups is 2. The van der Waals surface area contributed by atoms with E-state index < -0.39 is 11.9 Å². The van der Waals surface area contributed by atoms with Crippen LogP contribution < -0.4 is 4.90 Å². The Morgan fingerprint density at radius 3 is 2.45 bits per heavy atom. The number of para-hydroxylation sites is 1. The van der Waals surface area contributed by atoms with E-state index in [1.165, 1.54) is 30.4 Å². The van der Waals surface area contributed by atoms with Crippen LogP contribution in [0.1, 0.15) is 26.5 Å². The second-order valence-electron chi connectivity index (χ2n) is 4.23. The van der Waals surface area contributed by atoms with Crippen molar-refractivity contribution in [2.24, 2.45) is 0 Å². The molecule has 0 bridgehead atoms. The van der Waals surface area contributed by atoms with E-state index in [0.29, 0.717) is 11.4 Å². The van der Waals surface area contributed by atoms with Gasteiger partial charge in [0, 0.05) is 13.2 Å². The van der Waals surface area contributed by atoms with Gasteiger partial charge in [-0.1, -0.05) is 12.1 Å². The van der Waals surface area contributed by atoms with Crippen molar-refractivity contribution in [3.8, 4) is 0 Å². The number of amides is 1. The summed E-state index contributed by atoms with van der Waals surface area (Å²) >= 11 is 0. The molecule has 6 nitrogen and oxygen atoms in total. The zero-order valence-corrected chi connectivity index (χ0v) is 11.1. The molecule has 1 aromatic carbocycles. The molecule has 2 rings (SSSR count). The molecule has 0 saturated carbocycles. The predicted octanol–water partition coefficient (Wildman–Crippen LogP) is 1.76. The van der Waals surface area contributed by atoms with Crippen molar-refractivity contribution in [1.82, 2.24) is 9.97 Å². The minimum absolute atomic E-state index is 0.0587. The Morgan fingerprint density at radius 1 is 1.15 bits per heavy atom. The fraction of sp³-hybridized carbons (Fsp3) is 0.143. The number of aryl methyl sites for hydroxylation is 1. The molecule has 0 aliphatic rings. The Bertz CT molecular complexity index is 653. The molecule has 0 unspecified atom stereocenters. The van der Waals surface area contributed by atoms with Gasteiger partial charge in [-0.2, -0.15) is 0 Å². The van der Waals surface area contributed by atoms with Crippen LogP contribution in [0.4, 0.5) is 5.69 Å². The first-order chi connectivity index (χ1) is 9.50. The highest BCUT2D eigenvalue weighted by atomic mass is 16.4. The maximum atomic E-state index is 12.3. The number of carbonyl (C=O) groups excluding carboxylic acids is 1. The first kappa shape index (κ1) is 13.7. The van der Waals surface area contributed by atoms with E-state index in [0.717, 1.165) is 0 Å². The molecule has 0 aliphatic heterocycles. The lowest BCUT2D eigenvalue weighted by atomic mass is 10.1. The van der Waals surface area contributed by atoms with Crippen molar-refractivity contribution >= 4 is 17.6 Å². The molecule has 1 amide bonds. The van der Waals surface area contributed by atoms with Crippen LogP contribution in [-0.4, -0.2) is 34.0 Å². The summed E-state index contributed by atoms with van der Waals surface area (Å²) < 4.78 is 0. The van der Waals surface area contributed by atoms with Crippen LogP contribution in [0.3, 0.4) is 0 Å². The Morgan fingerprint density at radius 2 is 1.85 bits per heavy atom. The molecule has 0 atom stereocenters. The van der Waals surface area contributed by atoms with Crippen LogP contribution in [0.2, 0.25) is 0 Å². The first-order valence-corrected chi connectivity index (χ1v) is 5.89. The number of carboxylic acid groups (broad SMARTS) is 1. The third kappa shape index (κ3) is 2.64. The Hall–Kier alpha value is -2.76. The smallest absolute Gasteiger partial charge is 0.337 e. The van der Waals surface area contributed by atoms with Gasteiger partial charge in [0.1, 0.15) is 5.69 Å². The number of benzene rings is 1.